The van der Waals surface area contributed by atoms with Gasteiger partial charge < -0.3 is 5.32 Å². The van der Waals surface area contributed by atoms with Crippen LogP contribution in [-0.2, 0) is 0 Å². The molecule has 0 radical (unpaired) electrons. The zero-order chi connectivity index (χ0) is 12.8. The van der Waals surface area contributed by atoms with Crippen molar-refractivity contribution in [3.63, 3.8) is 0 Å². The summed E-state index contributed by atoms with van der Waals surface area (Å²) in [5.41, 5.74) is 0.727. The summed E-state index contributed by atoms with van der Waals surface area (Å²) >= 11 is 3.38. The van der Waals surface area contributed by atoms with Crippen molar-refractivity contribution in [1.29, 1.82) is 0 Å². The molecule has 0 aliphatic heterocycles. The van der Waals surface area contributed by atoms with Crippen LogP contribution in [0.3, 0.4) is 0 Å². The zero-order valence-corrected chi connectivity index (χ0v) is 12.2. The van der Waals surface area contributed by atoms with Gasteiger partial charge >= 0.3 is 0 Å². The Hall–Kier alpha value is -0.830. The van der Waals surface area contributed by atoms with Gasteiger partial charge in [-0.2, -0.15) is 0 Å². The van der Waals surface area contributed by atoms with Gasteiger partial charge in [0.05, 0.1) is 0 Å². The largest absolute Gasteiger partial charge is 0.352 e. The van der Waals surface area contributed by atoms with Gasteiger partial charge in [0.25, 0.3) is 5.91 Å². The molecule has 1 N–H and O–H groups in total. The number of carbonyl (C=O) groups excluding carboxylic acids is 1. The van der Waals surface area contributed by atoms with Crippen LogP contribution < -0.4 is 5.32 Å². The monoisotopic (exact) mass is 309 g/mol. The van der Waals surface area contributed by atoms with Crippen LogP contribution in [0.15, 0.2) is 28.7 Å². The molecule has 1 aliphatic rings. The maximum atomic E-state index is 11.9. The summed E-state index contributed by atoms with van der Waals surface area (Å²) in [7, 11) is 0. The van der Waals surface area contributed by atoms with E-state index in [1.54, 1.807) is 0 Å². The summed E-state index contributed by atoms with van der Waals surface area (Å²) in [6.45, 7) is 0.793. The summed E-state index contributed by atoms with van der Waals surface area (Å²) < 4.78 is 0.945. The quantitative estimate of drug-likeness (QED) is 0.813. The molecule has 98 valence electrons. The highest BCUT2D eigenvalue weighted by Crippen LogP contribution is 2.28. The lowest BCUT2D eigenvalue weighted by atomic mass is 10.0. The molecule has 1 amide bonds. The van der Waals surface area contributed by atoms with Gasteiger partial charge in [-0.05, 0) is 37.0 Å². The third kappa shape index (κ3) is 4.13. The Bertz CT molecular complexity index is 399. The predicted octanol–water partition coefficient (Wildman–Crippen LogP) is 4.15. The van der Waals surface area contributed by atoms with E-state index in [0.29, 0.717) is 0 Å². The molecule has 18 heavy (non-hydrogen) atoms. The van der Waals surface area contributed by atoms with Crippen molar-refractivity contribution in [2.24, 2.45) is 5.92 Å². The first-order valence-corrected chi connectivity index (χ1v) is 7.59. The van der Waals surface area contributed by atoms with Crippen molar-refractivity contribution in [3.8, 4) is 0 Å². The zero-order valence-electron chi connectivity index (χ0n) is 10.6. The summed E-state index contributed by atoms with van der Waals surface area (Å²) in [6, 6.07) is 7.51. The molecule has 1 aliphatic carbocycles. The van der Waals surface area contributed by atoms with Crippen molar-refractivity contribution < 1.29 is 4.79 Å². The smallest absolute Gasteiger partial charge is 0.251 e. The Balaban J connectivity index is 1.68. The molecule has 2 rings (SSSR count). The fourth-order valence-corrected chi connectivity index (χ4v) is 3.02. The minimum absolute atomic E-state index is 0.0303. The fourth-order valence-electron chi connectivity index (χ4n) is 2.62. The average Bonchev–Trinajstić information content (AvgIpc) is 2.87. The molecule has 3 heteroatoms. The second-order valence-corrected chi connectivity index (χ2v) is 5.97. The summed E-state index contributed by atoms with van der Waals surface area (Å²) in [5, 5.41) is 2.99. The topological polar surface area (TPSA) is 29.1 Å². The van der Waals surface area contributed by atoms with Gasteiger partial charge in [0, 0.05) is 16.6 Å². The average molecular weight is 310 g/mol. The Morgan fingerprint density at radius 1 is 1.33 bits per heavy atom. The van der Waals surface area contributed by atoms with Gasteiger partial charge in [-0.3, -0.25) is 4.79 Å². The maximum absolute atomic E-state index is 11.9. The van der Waals surface area contributed by atoms with Crippen LogP contribution >= 0.6 is 15.9 Å². The van der Waals surface area contributed by atoms with Crippen molar-refractivity contribution >= 4 is 21.8 Å². The van der Waals surface area contributed by atoms with E-state index in [2.05, 4.69) is 21.2 Å². The first-order valence-electron chi connectivity index (χ1n) is 6.79. The van der Waals surface area contributed by atoms with Crippen LogP contribution in [0.2, 0.25) is 0 Å². The fraction of sp³-hybridized carbons (Fsp3) is 0.533. The van der Waals surface area contributed by atoms with Gasteiger partial charge in [0.2, 0.25) is 0 Å². The SMILES string of the molecule is O=C(NCCCC1CCCC1)c1cccc(Br)c1. The third-order valence-electron chi connectivity index (χ3n) is 3.64. The summed E-state index contributed by atoms with van der Waals surface area (Å²) in [4.78, 5) is 11.9. The van der Waals surface area contributed by atoms with Crippen LogP contribution in [0, 0.1) is 5.92 Å². The number of halogens is 1. The first kappa shape index (κ1) is 13.6. The molecular formula is C15H20BrNO. The van der Waals surface area contributed by atoms with E-state index in [-0.39, 0.29) is 5.91 Å². The minimum Gasteiger partial charge on any atom is -0.352 e. The van der Waals surface area contributed by atoms with E-state index in [1.807, 2.05) is 24.3 Å². The number of nitrogens with one attached hydrogen (secondary N) is 1. The molecule has 1 saturated carbocycles. The van der Waals surface area contributed by atoms with Crippen LogP contribution in [0.5, 0.6) is 0 Å². The molecule has 1 aromatic rings. The molecule has 2 nitrogen and oxygen atoms in total. The lowest BCUT2D eigenvalue weighted by Crippen LogP contribution is -2.24. The highest BCUT2D eigenvalue weighted by atomic mass is 79.9. The highest BCUT2D eigenvalue weighted by molar-refractivity contribution is 9.10. The van der Waals surface area contributed by atoms with Crippen LogP contribution in [0.4, 0.5) is 0 Å². The molecule has 1 fully saturated rings. The number of hydrogen-bond donors (Lipinski definition) is 1. The molecule has 0 heterocycles. The predicted molar refractivity (Wildman–Crippen MR) is 77.7 cm³/mol. The number of carbonyl (C=O) groups is 1. The van der Waals surface area contributed by atoms with Gasteiger partial charge in [-0.1, -0.05) is 47.7 Å². The Morgan fingerprint density at radius 2 is 2.11 bits per heavy atom. The molecular weight excluding hydrogens is 290 g/mol. The molecule has 1 aromatic carbocycles. The third-order valence-corrected chi connectivity index (χ3v) is 4.13. The first-order chi connectivity index (χ1) is 8.75. The van der Waals surface area contributed by atoms with Crippen LogP contribution in [-0.4, -0.2) is 12.5 Å². The van der Waals surface area contributed by atoms with Crippen molar-refractivity contribution in [1.82, 2.24) is 5.32 Å². The van der Waals surface area contributed by atoms with E-state index < -0.39 is 0 Å². The lowest BCUT2D eigenvalue weighted by molar-refractivity contribution is 0.0952. The van der Waals surface area contributed by atoms with E-state index in [0.717, 1.165) is 28.9 Å². The Kier molecular flexibility index (Phi) is 5.24. The van der Waals surface area contributed by atoms with Gasteiger partial charge in [-0.25, -0.2) is 0 Å². The highest BCUT2D eigenvalue weighted by Gasteiger charge is 2.14. The number of hydrogen-bond acceptors (Lipinski definition) is 1. The van der Waals surface area contributed by atoms with E-state index in [1.165, 1.54) is 32.1 Å². The molecule has 0 aromatic heterocycles. The van der Waals surface area contributed by atoms with Crippen LogP contribution in [0.1, 0.15) is 48.9 Å². The van der Waals surface area contributed by atoms with Crippen molar-refractivity contribution in [3.05, 3.63) is 34.3 Å². The second-order valence-electron chi connectivity index (χ2n) is 5.06. The summed E-state index contributed by atoms with van der Waals surface area (Å²) in [5.74, 6) is 0.940. The van der Waals surface area contributed by atoms with Gasteiger partial charge in [-0.15, -0.1) is 0 Å². The van der Waals surface area contributed by atoms with Crippen molar-refractivity contribution in [2.75, 3.05) is 6.54 Å². The minimum atomic E-state index is 0.0303. The van der Waals surface area contributed by atoms with E-state index in [4.69, 9.17) is 0 Å². The number of rotatable bonds is 5. The standard InChI is InChI=1S/C15H20BrNO/c16-14-9-3-8-13(11-14)15(18)17-10-4-7-12-5-1-2-6-12/h3,8-9,11-12H,1-2,4-7,10H2,(H,17,18). The number of amides is 1. The molecule has 0 saturated heterocycles. The summed E-state index contributed by atoms with van der Waals surface area (Å²) in [6.07, 6.45) is 7.94. The van der Waals surface area contributed by atoms with Crippen molar-refractivity contribution in [2.45, 2.75) is 38.5 Å². The van der Waals surface area contributed by atoms with Gasteiger partial charge in [0.1, 0.15) is 0 Å². The molecule has 0 atom stereocenters. The van der Waals surface area contributed by atoms with Gasteiger partial charge in [0.15, 0.2) is 0 Å². The Morgan fingerprint density at radius 3 is 2.83 bits per heavy atom. The molecule has 0 unspecified atom stereocenters. The Labute approximate surface area is 117 Å². The molecule has 0 spiro atoms. The number of benzene rings is 1. The van der Waals surface area contributed by atoms with Crippen LogP contribution in [0.25, 0.3) is 0 Å². The second kappa shape index (κ2) is 6.93. The molecule has 0 bridgehead atoms. The lowest BCUT2D eigenvalue weighted by Gasteiger charge is -2.09. The maximum Gasteiger partial charge on any atom is 0.251 e. The van der Waals surface area contributed by atoms with E-state index >= 15 is 0 Å². The van der Waals surface area contributed by atoms with E-state index in [9.17, 15) is 4.79 Å². The normalized spacial score (nSPS) is 15.8.